The Morgan fingerprint density at radius 3 is 2.63 bits per heavy atom. The minimum absolute atomic E-state index is 0.0976. The monoisotopic (exact) mass is 272 g/mol. The maximum Gasteiger partial charge on any atom is 0.393 e. The number of piperidine rings is 1. The summed E-state index contributed by atoms with van der Waals surface area (Å²) >= 11 is 0. The standard InChI is InChI=1S/C13H12F4N2/c14-11-4-9(7-18)5-12(6-11)19-3-1-2-10(8-19)13(15,16)17/h4-6,10H,1-3,8H2. The Kier molecular flexibility index (Phi) is 3.65. The Bertz CT molecular complexity index is 504. The van der Waals surface area contributed by atoms with Crippen molar-refractivity contribution in [3.63, 3.8) is 0 Å². The molecular weight excluding hydrogens is 260 g/mol. The van der Waals surface area contributed by atoms with Crippen LogP contribution >= 0.6 is 0 Å². The second-order valence-electron chi connectivity index (χ2n) is 4.64. The van der Waals surface area contributed by atoms with Gasteiger partial charge in [0.2, 0.25) is 0 Å². The first-order chi connectivity index (χ1) is 8.90. The summed E-state index contributed by atoms with van der Waals surface area (Å²) in [6.45, 7) is 0.263. The van der Waals surface area contributed by atoms with Crippen LogP contribution in [-0.2, 0) is 0 Å². The number of anilines is 1. The molecule has 2 rings (SSSR count). The molecule has 1 heterocycles. The Labute approximate surface area is 108 Å². The second kappa shape index (κ2) is 5.08. The summed E-state index contributed by atoms with van der Waals surface area (Å²) in [5, 5.41) is 8.75. The fourth-order valence-electron chi connectivity index (χ4n) is 2.30. The van der Waals surface area contributed by atoms with Gasteiger partial charge in [0.1, 0.15) is 5.82 Å². The number of nitriles is 1. The number of benzene rings is 1. The molecule has 1 saturated heterocycles. The van der Waals surface area contributed by atoms with Gasteiger partial charge in [0.15, 0.2) is 0 Å². The van der Waals surface area contributed by atoms with Crippen molar-refractivity contribution < 1.29 is 17.6 Å². The van der Waals surface area contributed by atoms with E-state index in [0.29, 0.717) is 18.7 Å². The van der Waals surface area contributed by atoms with Crippen LogP contribution in [0.3, 0.4) is 0 Å². The molecule has 102 valence electrons. The summed E-state index contributed by atoms with van der Waals surface area (Å²) in [7, 11) is 0. The predicted molar refractivity (Wildman–Crippen MR) is 62.1 cm³/mol. The summed E-state index contributed by atoms with van der Waals surface area (Å²) in [6.07, 6.45) is -3.73. The largest absolute Gasteiger partial charge is 0.393 e. The molecular formula is C13H12F4N2. The van der Waals surface area contributed by atoms with Gasteiger partial charge in [-0.25, -0.2) is 4.39 Å². The lowest BCUT2D eigenvalue weighted by atomic mass is 9.97. The molecule has 1 aromatic carbocycles. The van der Waals surface area contributed by atoms with Crippen LogP contribution < -0.4 is 4.90 Å². The van der Waals surface area contributed by atoms with Crippen molar-refractivity contribution in [2.45, 2.75) is 19.0 Å². The van der Waals surface area contributed by atoms with Gasteiger partial charge in [0.05, 0.1) is 17.6 Å². The Morgan fingerprint density at radius 2 is 2.00 bits per heavy atom. The Morgan fingerprint density at radius 1 is 1.26 bits per heavy atom. The molecule has 1 unspecified atom stereocenters. The van der Waals surface area contributed by atoms with Gasteiger partial charge in [0.25, 0.3) is 0 Å². The fraction of sp³-hybridized carbons (Fsp3) is 0.462. The molecule has 1 aliphatic heterocycles. The molecule has 0 radical (unpaired) electrons. The van der Waals surface area contributed by atoms with E-state index in [4.69, 9.17) is 5.26 Å². The zero-order chi connectivity index (χ0) is 14.0. The lowest BCUT2D eigenvalue weighted by Gasteiger charge is -2.35. The van der Waals surface area contributed by atoms with Crippen molar-refractivity contribution in [2.24, 2.45) is 5.92 Å². The van der Waals surface area contributed by atoms with Gasteiger partial charge >= 0.3 is 6.18 Å². The van der Waals surface area contributed by atoms with E-state index in [1.807, 2.05) is 0 Å². The van der Waals surface area contributed by atoms with Crippen LogP contribution in [0, 0.1) is 23.1 Å². The lowest BCUT2D eigenvalue weighted by Crippen LogP contribution is -2.41. The van der Waals surface area contributed by atoms with Gasteiger partial charge in [-0.15, -0.1) is 0 Å². The maximum atomic E-state index is 13.3. The zero-order valence-corrected chi connectivity index (χ0v) is 10.0. The van der Waals surface area contributed by atoms with Crippen LogP contribution in [0.25, 0.3) is 0 Å². The van der Waals surface area contributed by atoms with Crippen LogP contribution in [0.5, 0.6) is 0 Å². The minimum atomic E-state index is -4.23. The van der Waals surface area contributed by atoms with E-state index in [1.165, 1.54) is 17.0 Å². The maximum absolute atomic E-state index is 13.3. The minimum Gasteiger partial charge on any atom is -0.371 e. The molecule has 0 saturated carbocycles. The van der Waals surface area contributed by atoms with Crippen molar-refractivity contribution in [3.05, 3.63) is 29.6 Å². The van der Waals surface area contributed by atoms with Crippen LogP contribution in [-0.4, -0.2) is 19.3 Å². The summed E-state index contributed by atoms with van der Waals surface area (Å²) in [6, 6.07) is 5.45. The fourth-order valence-corrected chi connectivity index (χ4v) is 2.30. The lowest BCUT2D eigenvalue weighted by molar-refractivity contribution is -0.175. The van der Waals surface area contributed by atoms with Crippen LogP contribution in [0.1, 0.15) is 18.4 Å². The number of nitrogens with zero attached hydrogens (tertiary/aromatic N) is 2. The highest BCUT2D eigenvalue weighted by molar-refractivity contribution is 5.52. The highest BCUT2D eigenvalue weighted by Crippen LogP contribution is 2.35. The average Bonchev–Trinajstić information content (AvgIpc) is 2.37. The van der Waals surface area contributed by atoms with E-state index in [9.17, 15) is 17.6 Å². The molecule has 1 aromatic rings. The highest BCUT2D eigenvalue weighted by Gasteiger charge is 2.41. The van der Waals surface area contributed by atoms with Gasteiger partial charge in [-0.05, 0) is 31.0 Å². The number of hydrogen-bond donors (Lipinski definition) is 0. The van der Waals surface area contributed by atoms with Gasteiger partial charge < -0.3 is 4.90 Å². The van der Waals surface area contributed by atoms with E-state index >= 15 is 0 Å². The van der Waals surface area contributed by atoms with Crippen molar-refractivity contribution in [1.82, 2.24) is 0 Å². The normalized spacial score (nSPS) is 20.2. The SMILES string of the molecule is N#Cc1cc(F)cc(N2CCCC(C(F)(F)F)C2)c1. The molecule has 1 fully saturated rings. The molecule has 19 heavy (non-hydrogen) atoms. The van der Waals surface area contributed by atoms with Gasteiger partial charge in [0, 0.05) is 18.8 Å². The van der Waals surface area contributed by atoms with Gasteiger partial charge in [-0.1, -0.05) is 0 Å². The van der Waals surface area contributed by atoms with E-state index in [2.05, 4.69) is 0 Å². The molecule has 0 bridgehead atoms. The summed E-state index contributed by atoms with van der Waals surface area (Å²) < 4.78 is 51.4. The number of hydrogen-bond acceptors (Lipinski definition) is 2. The Balaban J connectivity index is 2.22. The van der Waals surface area contributed by atoms with E-state index in [0.717, 1.165) is 6.07 Å². The first kappa shape index (κ1) is 13.7. The van der Waals surface area contributed by atoms with Gasteiger partial charge in [-0.2, -0.15) is 18.4 Å². The number of halogens is 4. The number of rotatable bonds is 1. The van der Waals surface area contributed by atoms with Crippen LogP contribution in [0.2, 0.25) is 0 Å². The molecule has 6 heteroatoms. The third-order valence-corrected chi connectivity index (χ3v) is 3.26. The number of alkyl halides is 3. The molecule has 0 N–H and O–H groups in total. The summed E-state index contributed by atoms with van der Waals surface area (Å²) in [4.78, 5) is 1.49. The highest BCUT2D eigenvalue weighted by atomic mass is 19.4. The molecule has 0 aliphatic carbocycles. The molecule has 0 amide bonds. The molecule has 1 atom stereocenters. The first-order valence-corrected chi connectivity index (χ1v) is 5.92. The first-order valence-electron chi connectivity index (χ1n) is 5.92. The van der Waals surface area contributed by atoms with Crippen molar-refractivity contribution >= 4 is 5.69 Å². The Hall–Kier alpha value is -1.77. The van der Waals surface area contributed by atoms with Gasteiger partial charge in [-0.3, -0.25) is 0 Å². The summed E-state index contributed by atoms with van der Waals surface area (Å²) in [5.41, 5.74) is 0.453. The predicted octanol–water partition coefficient (Wildman–Crippen LogP) is 3.48. The van der Waals surface area contributed by atoms with Crippen molar-refractivity contribution in [2.75, 3.05) is 18.0 Å². The quantitative estimate of drug-likeness (QED) is 0.732. The van der Waals surface area contributed by atoms with E-state index in [1.54, 1.807) is 6.07 Å². The zero-order valence-electron chi connectivity index (χ0n) is 10.0. The molecule has 0 spiro atoms. The molecule has 1 aliphatic rings. The third kappa shape index (κ3) is 3.16. The molecule has 0 aromatic heterocycles. The van der Waals surface area contributed by atoms with Crippen molar-refractivity contribution in [3.8, 4) is 6.07 Å². The summed E-state index contributed by atoms with van der Waals surface area (Å²) in [5.74, 6) is -2.00. The second-order valence-corrected chi connectivity index (χ2v) is 4.64. The van der Waals surface area contributed by atoms with E-state index < -0.39 is 17.9 Å². The topological polar surface area (TPSA) is 27.0 Å². The van der Waals surface area contributed by atoms with E-state index in [-0.39, 0.29) is 18.5 Å². The van der Waals surface area contributed by atoms with Crippen LogP contribution in [0.15, 0.2) is 18.2 Å². The smallest absolute Gasteiger partial charge is 0.371 e. The third-order valence-electron chi connectivity index (χ3n) is 3.26. The molecule has 2 nitrogen and oxygen atoms in total. The van der Waals surface area contributed by atoms with Crippen molar-refractivity contribution in [1.29, 1.82) is 5.26 Å². The van der Waals surface area contributed by atoms with Crippen LogP contribution in [0.4, 0.5) is 23.2 Å². The average molecular weight is 272 g/mol.